The topological polar surface area (TPSA) is 148 Å². The Balaban J connectivity index is 2.49. The van der Waals surface area contributed by atoms with Gasteiger partial charge in [-0.05, 0) is 9.83 Å². The molecular weight excluding hydrogens is 252 g/mol. The van der Waals surface area contributed by atoms with Crippen molar-refractivity contribution in [3.05, 3.63) is 27.1 Å². The minimum atomic E-state index is -0.931. The van der Waals surface area contributed by atoms with Gasteiger partial charge in [0.25, 0.3) is 0 Å². The maximum atomic E-state index is 11.2. The van der Waals surface area contributed by atoms with E-state index in [1.54, 1.807) is 0 Å². The third-order valence-electron chi connectivity index (χ3n) is 1.91. The van der Waals surface area contributed by atoms with E-state index in [-0.39, 0.29) is 16.4 Å². The SMILES string of the molecule is COC(=O)c1cc(-c2c([N+](=O)[O-])no[n+]2[O-])no1. The molecule has 0 spiro atoms. The number of rotatable bonds is 3. The van der Waals surface area contributed by atoms with Gasteiger partial charge in [-0.1, -0.05) is 5.16 Å². The van der Waals surface area contributed by atoms with Gasteiger partial charge in [-0.15, -0.1) is 0 Å². The van der Waals surface area contributed by atoms with E-state index in [4.69, 9.17) is 0 Å². The Kier molecular flexibility index (Phi) is 2.63. The molecule has 0 bridgehead atoms. The Hall–Kier alpha value is -2.98. The third-order valence-corrected chi connectivity index (χ3v) is 1.91. The summed E-state index contributed by atoms with van der Waals surface area (Å²) in [5.41, 5.74) is -0.836. The lowest BCUT2D eigenvalue weighted by atomic mass is 10.3. The molecule has 0 aliphatic carbocycles. The van der Waals surface area contributed by atoms with Crippen LogP contribution in [0.25, 0.3) is 11.4 Å². The Labute approximate surface area is 97.2 Å². The molecule has 0 saturated carbocycles. The van der Waals surface area contributed by atoms with Crippen molar-refractivity contribution in [1.29, 1.82) is 0 Å². The molecular formula is C7H4N4O7. The number of ether oxygens (including phenoxy) is 1. The van der Waals surface area contributed by atoms with Gasteiger partial charge in [-0.25, -0.2) is 4.79 Å². The second kappa shape index (κ2) is 4.12. The number of nitro groups is 1. The molecule has 0 amide bonds. The fourth-order valence-electron chi connectivity index (χ4n) is 1.15. The zero-order valence-corrected chi connectivity index (χ0v) is 8.72. The zero-order valence-electron chi connectivity index (χ0n) is 8.72. The van der Waals surface area contributed by atoms with Crippen LogP contribution in [0.2, 0.25) is 0 Å². The van der Waals surface area contributed by atoms with Crippen LogP contribution >= 0.6 is 0 Å². The first-order valence-electron chi connectivity index (χ1n) is 4.34. The van der Waals surface area contributed by atoms with Crippen LogP contribution in [0.1, 0.15) is 10.6 Å². The van der Waals surface area contributed by atoms with E-state index in [2.05, 4.69) is 24.2 Å². The standard InChI is InChI=1S/C7H4N4O7/c1-16-7(12)4-2-3(8-17-4)5-6(10(13)14)9-18-11(5)15/h2H,1H3. The maximum Gasteiger partial charge on any atom is 0.442 e. The highest BCUT2D eigenvalue weighted by molar-refractivity contribution is 5.87. The van der Waals surface area contributed by atoms with Crippen molar-refractivity contribution in [2.24, 2.45) is 0 Å². The van der Waals surface area contributed by atoms with E-state index in [1.807, 2.05) is 0 Å². The number of hydrogen-bond acceptors (Lipinski definition) is 9. The van der Waals surface area contributed by atoms with Crippen LogP contribution in [-0.2, 0) is 4.74 Å². The number of aromatic nitrogens is 3. The summed E-state index contributed by atoms with van der Waals surface area (Å²) < 4.78 is 13.0. The first-order valence-corrected chi connectivity index (χ1v) is 4.34. The van der Waals surface area contributed by atoms with E-state index >= 15 is 0 Å². The molecule has 2 aromatic rings. The van der Waals surface area contributed by atoms with E-state index < -0.39 is 22.4 Å². The minimum Gasteiger partial charge on any atom is -0.463 e. The molecule has 94 valence electrons. The average Bonchev–Trinajstić information content (AvgIpc) is 2.93. The number of carbonyl (C=O) groups excluding carboxylic acids is 1. The largest absolute Gasteiger partial charge is 0.463 e. The van der Waals surface area contributed by atoms with Crippen LogP contribution in [-0.4, -0.2) is 28.3 Å². The second-order valence-electron chi connectivity index (χ2n) is 2.93. The van der Waals surface area contributed by atoms with Crippen molar-refractivity contribution in [1.82, 2.24) is 10.3 Å². The Morgan fingerprint density at radius 1 is 1.56 bits per heavy atom. The molecule has 0 unspecified atom stereocenters. The molecule has 11 nitrogen and oxygen atoms in total. The van der Waals surface area contributed by atoms with E-state index in [0.717, 1.165) is 13.2 Å². The van der Waals surface area contributed by atoms with Crippen molar-refractivity contribution in [2.75, 3.05) is 7.11 Å². The molecule has 0 radical (unpaired) electrons. The highest BCUT2D eigenvalue weighted by Crippen LogP contribution is 2.24. The summed E-state index contributed by atoms with van der Waals surface area (Å²) in [5, 5.41) is 28.0. The van der Waals surface area contributed by atoms with Crippen LogP contribution in [0.15, 0.2) is 15.2 Å². The van der Waals surface area contributed by atoms with Crippen molar-refractivity contribution in [2.45, 2.75) is 0 Å². The summed E-state index contributed by atoms with van der Waals surface area (Å²) >= 11 is 0. The first kappa shape index (κ1) is 11.5. The summed E-state index contributed by atoms with van der Waals surface area (Å²) in [4.78, 5) is 20.5. The van der Waals surface area contributed by atoms with Crippen LogP contribution in [0.5, 0.6) is 0 Å². The summed E-state index contributed by atoms with van der Waals surface area (Å²) in [6.07, 6.45) is 0. The molecule has 0 atom stereocenters. The molecule has 0 aliphatic heterocycles. The zero-order chi connectivity index (χ0) is 13.3. The highest BCUT2D eigenvalue weighted by atomic mass is 16.8. The molecule has 2 aromatic heterocycles. The van der Waals surface area contributed by atoms with E-state index in [1.165, 1.54) is 0 Å². The van der Waals surface area contributed by atoms with Gasteiger partial charge in [0, 0.05) is 6.07 Å². The molecule has 0 aliphatic rings. The highest BCUT2D eigenvalue weighted by Gasteiger charge is 2.30. The van der Waals surface area contributed by atoms with E-state index in [9.17, 15) is 20.1 Å². The first-order chi connectivity index (χ1) is 8.54. The smallest absolute Gasteiger partial charge is 0.442 e. The molecule has 0 aromatic carbocycles. The van der Waals surface area contributed by atoms with Gasteiger partial charge in [0.05, 0.1) is 12.3 Å². The number of hydrogen-bond donors (Lipinski definition) is 0. The van der Waals surface area contributed by atoms with Crippen LogP contribution in [0.4, 0.5) is 5.82 Å². The van der Waals surface area contributed by atoms with Gasteiger partial charge in [0.2, 0.25) is 5.76 Å². The van der Waals surface area contributed by atoms with Gasteiger partial charge in [0.1, 0.15) is 0 Å². The minimum absolute atomic E-state index is 0.211. The normalized spacial score (nSPS) is 10.3. The van der Waals surface area contributed by atoms with Crippen LogP contribution in [0.3, 0.4) is 0 Å². The third kappa shape index (κ3) is 1.73. The average molecular weight is 256 g/mol. The summed E-state index contributed by atoms with van der Waals surface area (Å²) in [6, 6.07) is 1.000. The summed E-state index contributed by atoms with van der Waals surface area (Å²) in [7, 11) is 1.11. The van der Waals surface area contributed by atoms with Crippen molar-refractivity contribution in [3.8, 4) is 11.4 Å². The summed E-state index contributed by atoms with van der Waals surface area (Å²) in [5.74, 6) is -2.00. The van der Waals surface area contributed by atoms with Gasteiger partial charge in [0.15, 0.2) is 5.69 Å². The van der Waals surface area contributed by atoms with Gasteiger partial charge >= 0.3 is 17.5 Å². The fourth-order valence-corrected chi connectivity index (χ4v) is 1.15. The molecule has 2 rings (SSSR count). The monoisotopic (exact) mass is 256 g/mol. The molecule has 18 heavy (non-hydrogen) atoms. The number of esters is 1. The Morgan fingerprint density at radius 2 is 2.28 bits per heavy atom. The van der Waals surface area contributed by atoms with E-state index in [0.29, 0.717) is 0 Å². The predicted octanol–water partition coefficient (Wildman–Crippen LogP) is -0.342. The fraction of sp³-hybridized carbons (Fsp3) is 0.143. The lowest BCUT2D eigenvalue weighted by molar-refractivity contribution is -0.793. The van der Waals surface area contributed by atoms with Gasteiger partial charge in [-0.3, -0.25) is 4.63 Å². The Morgan fingerprint density at radius 3 is 2.89 bits per heavy atom. The van der Waals surface area contributed by atoms with Crippen LogP contribution in [0, 0.1) is 15.3 Å². The Bertz CT molecular complexity index is 615. The molecule has 11 heteroatoms. The molecule has 0 N–H and O–H groups in total. The van der Waals surface area contributed by atoms with Crippen molar-refractivity contribution < 1.29 is 28.5 Å². The summed E-state index contributed by atoms with van der Waals surface area (Å²) in [6.45, 7) is 0. The van der Waals surface area contributed by atoms with Crippen molar-refractivity contribution in [3.63, 3.8) is 0 Å². The quantitative estimate of drug-likeness (QED) is 0.311. The number of nitrogens with zero attached hydrogens (tertiary/aromatic N) is 4. The lowest BCUT2D eigenvalue weighted by Gasteiger charge is -1.90. The predicted molar refractivity (Wildman–Crippen MR) is 49.0 cm³/mol. The molecule has 2 heterocycles. The lowest BCUT2D eigenvalue weighted by Crippen LogP contribution is -2.25. The second-order valence-corrected chi connectivity index (χ2v) is 2.93. The van der Waals surface area contributed by atoms with Crippen molar-refractivity contribution >= 4 is 11.8 Å². The van der Waals surface area contributed by atoms with Crippen LogP contribution < -0.4 is 4.90 Å². The molecule has 0 saturated heterocycles. The molecule has 0 fully saturated rings. The maximum absolute atomic E-state index is 11.2. The number of methoxy groups -OCH3 is 1. The number of carbonyl (C=O) groups is 1. The van der Waals surface area contributed by atoms with Gasteiger partial charge in [-0.2, -0.15) is 0 Å². The van der Waals surface area contributed by atoms with Gasteiger partial charge < -0.3 is 24.6 Å².